The minimum Gasteiger partial charge on any atom is -0.448 e. The first-order valence-electron chi connectivity index (χ1n) is 9.51. The summed E-state index contributed by atoms with van der Waals surface area (Å²) in [5, 5.41) is 9.87. The zero-order valence-electron chi connectivity index (χ0n) is 15.6. The lowest BCUT2D eigenvalue weighted by Gasteiger charge is -2.44. The number of fused-ring (bicyclic) bond motifs is 3. The van der Waals surface area contributed by atoms with Crippen LogP contribution in [0.4, 0.5) is 4.79 Å². The summed E-state index contributed by atoms with van der Waals surface area (Å²) >= 11 is 0. The highest BCUT2D eigenvalue weighted by Gasteiger charge is 2.42. The molecule has 27 heavy (non-hydrogen) atoms. The van der Waals surface area contributed by atoms with Gasteiger partial charge in [0.25, 0.3) is 0 Å². The van der Waals surface area contributed by atoms with E-state index in [1.165, 1.54) is 22.3 Å². The molecule has 0 bridgehead atoms. The molecule has 1 aliphatic heterocycles. The van der Waals surface area contributed by atoms with Gasteiger partial charge in [-0.05, 0) is 28.7 Å². The van der Waals surface area contributed by atoms with Crippen molar-refractivity contribution in [2.24, 2.45) is 0 Å². The Labute approximate surface area is 159 Å². The lowest BCUT2D eigenvalue weighted by Crippen LogP contribution is -2.61. The minimum absolute atomic E-state index is 0.0348. The first-order valence-corrected chi connectivity index (χ1v) is 9.51. The predicted molar refractivity (Wildman–Crippen MR) is 103 cm³/mol. The van der Waals surface area contributed by atoms with Crippen molar-refractivity contribution in [2.75, 3.05) is 33.0 Å². The zero-order chi connectivity index (χ0) is 18.9. The molecule has 0 radical (unpaired) electrons. The summed E-state index contributed by atoms with van der Waals surface area (Å²) < 4.78 is 11.3. The highest BCUT2D eigenvalue weighted by Crippen LogP contribution is 2.44. The number of rotatable bonds is 4. The van der Waals surface area contributed by atoms with Crippen LogP contribution in [0.1, 0.15) is 30.4 Å². The number of morpholine rings is 1. The van der Waals surface area contributed by atoms with E-state index in [9.17, 15) is 9.90 Å². The molecule has 5 nitrogen and oxygen atoms in total. The summed E-state index contributed by atoms with van der Waals surface area (Å²) in [5.41, 5.74) is 4.10. The lowest BCUT2D eigenvalue weighted by atomic mass is 9.95. The van der Waals surface area contributed by atoms with Gasteiger partial charge in [0.05, 0.1) is 25.4 Å². The van der Waals surface area contributed by atoms with E-state index in [0.717, 1.165) is 0 Å². The fourth-order valence-corrected chi connectivity index (χ4v) is 4.23. The average molecular weight is 367 g/mol. The molecule has 2 aromatic rings. The van der Waals surface area contributed by atoms with Crippen LogP contribution in [0.3, 0.4) is 0 Å². The number of carbonyl (C=O) groups is 1. The number of ether oxygens (including phenoxy) is 2. The van der Waals surface area contributed by atoms with Crippen LogP contribution in [0.5, 0.6) is 0 Å². The van der Waals surface area contributed by atoms with E-state index >= 15 is 0 Å². The molecule has 1 N–H and O–H groups in total. The number of carbonyl (C=O) groups excluding carboxylic acids is 1. The highest BCUT2D eigenvalue weighted by molar-refractivity contribution is 5.79. The molecule has 0 spiro atoms. The van der Waals surface area contributed by atoms with Gasteiger partial charge in [0.2, 0.25) is 0 Å². The molecule has 1 atom stereocenters. The van der Waals surface area contributed by atoms with Crippen molar-refractivity contribution in [3.05, 3.63) is 59.7 Å². The van der Waals surface area contributed by atoms with Gasteiger partial charge in [0.1, 0.15) is 6.61 Å². The normalized spacial score (nSPS) is 21.6. The Balaban J connectivity index is 1.54. The molecule has 1 fully saturated rings. The maximum Gasteiger partial charge on any atom is 0.410 e. The number of benzene rings is 2. The van der Waals surface area contributed by atoms with E-state index in [-0.39, 0.29) is 25.2 Å². The number of hydrogen-bond donors (Lipinski definition) is 1. The van der Waals surface area contributed by atoms with Crippen LogP contribution in [0.2, 0.25) is 0 Å². The van der Waals surface area contributed by atoms with Crippen molar-refractivity contribution in [3.63, 3.8) is 0 Å². The number of aliphatic hydroxyl groups is 1. The molecular weight excluding hydrogens is 342 g/mol. The first kappa shape index (κ1) is 18.0. The second-order valence-electron chi connectivity index (χ2n) is 7.24. The number of amides is 1. The van der Waals surface area contributed by atoms with Crippen LogP contribution < -0.4 is 0 Å². The Morgan fingerprint density at radius 3 is 2.41 bits per heavy atom. The Bertz CT molecular complexity index is 785. The average Bonchev–Trinajstić information content (AvgIpc) is 3.05. The van der Waals surface area contributed by atoms with Gasteiger partial charge in [-0.3, -0.25) is 4.90 Å². The molecule has 0 aromatic heterocycles. The third-order valence-electron chi connectivity index (χ3n) is 5.91. The standard InChI is InChI=1S/C22H25NO4/c1-2-22(14-24)15-26-12-11-23(22)21(25)27-13-20-18-9-5-3-7-16(18)17-8-4-6-10-19(17)20/h3-10,20,24H,2,11-15H2,1H3. The molecule has 1 unspecified atom stereocenters. The van der Waals surface area contributed by atoms with Crippen LogP contribution in [0.15, 0.2) is 48.5 Å². The molecule has 1 heterocycles. The van der Waals surface area contributed by atoms with E-state index in [1.807, 2.05) is 31.2 Å². The third-order valence-corrected chi connectivity index (χ3v) is 5.91. The quantitative estimate of drug-likeness (QED) is 0.900. The monoisotopic (exact) mass is 367 g/mol. The molecule has 5 heteroatoms. The molecule has 0 saturated carbocycles. The smallest absolute Gasteiger partial charge is 0.410 e. The van der Waals surface area contributed by atoms with E-state index in [4.69, 9.17) is 9.47 Å². The van der Waals surface area contributed by atoms with Crippen LogP contribution in [-0.2, 0) is 9.47 Å². The molecule has 1 saturated heterocycles. The second kappa shape index (κ2) is 7.33. The summed E-state index contributed by atoms with van der Waals surface area (Å²) in [4.78, 5) is 14.5. The van der Waals surface area contributed by atoms with Gasteiger partial charge in [-0.2, -0.15) is 0 Å². The van der Waals surface area contributed by atoms with Gasteiger partial charge in [-0.1, -0.05) is 55.5 Å². The Kier molecular flexibility index (Phi) is 4.89. The lowest BCUT2D eigenvalue weighted by molar-refractivity contribution is -0.0845. The molecule has 2 aliphatic rings. The summed E-state index contributed by atoms with van der Waals surface area (Å²) in [6.07, 6.45) is 0.240. The highest BCUT2D eigenvalue weighted by atomic mass is 16.6. The van der Waals surface area contributed by atoms with Crippen LogP contribution in [-0.4, -0.2) is 54.6 Å². The molecular formula is C22H25NO4. The van der Waals surface area contributed by atoms with Crippen molar-refractivity contribution in [2.45, 2.75) is 24.8 Å². The van der Waals surface area contributed by atoms with E-state index < -0.39 is 5.54 Å². The van der Waals surface area contributed by atoms with Gasteiger partial charge in [0.15, 0.2) is 0 Å². The Morgan fingerprint density at radius 2 is 1.81 bits per heavy atom. The van der Waals surface area contributed by atoms with E-state index in [0.29, 0.717) is 26.2 Å². The van der Waals surface area contributed by atoms with E-state index in [2.05, 4.69) is 24.3 Å². The van der Waals surface area contributed by atoms with Crippen LogP contribution in [0, 0.1) is 0 Å². The van der Waals surface area contributed by atoms with Crippen molar-refractivity contribution < 1.29 is 19.4 Å². The molecule has 1 amide bonds. The van der Waals surface area contributed by atoms with Crippen LogP contribution >= 0.6 is 0 Å². The largest absolute Gasteiger partial charge is 0.448 e. The summed E-state index contributed by atoms with van der Waals surface area (Å²) in [6, 6.07) is 16.6. The minimum atomic E-state index is -0.694. The maximum absolute atomic E-state index is 12.8. The van der Waals surface area contributed by atoms with Gasteiger partial charge in [-0.15, -0.1) is 0 Å². The molecule has 142 valence electrons. The van der Waals surface area contributed by atoms with Crippen molar-refractivity contribution in [1.82, 2.24) is 4.90 Å². The molecule has 2 aromatic carbocycles. The number of nitrogens with zero attached hydrogens (tertiary/aromatic N) is 1. The van der Waals surface area contributed by atoms with Crippen LogP contribution in [0.25, 0.3) is 11.1 Å². The number of aliphatic hydroxyl groups excluding tert-OH is 1. The van der Waals surface area contributed by atoms with Gasteiger partial charge >= 0.3 is 6.09 Å². The van der Waals surface area contributed by atoms with Gasteiger partial charge in [-0.25, -0.2) is 4.79 Å². The third kappa shape index (κ3) is 3.01. The van der Waals surface area contributed by atoms with Gasteiger partial charge in [0, 0.05) is 12.5 Å². The summed E-state index contributed by atoms with van der Waals surface area (Å²) in [5.74, 6) is 0.0348. The van der Waals surface area contributed by atoms with E-state index in [1.54, 1.807) is 4.90 Å². The van der Waals surface area contributed by atoms with Crippen molar-refractivity contribution in [1.29, 1.82) is 0 Å². The first-order chi connectivity index (χ1) is 13.2. The fraction of sp³-hybridized carbons (Fsp3) is 0.409. The second-order valence-corrected chi connectivity index (χ2v) is 7.24. The molecule has 4 rings (SSSR count). The van der Waals surface area contributed by atoms with Crippen molar-refractivity contribution >= 4 is 6.09 Å². The molecule has 1 aliphatic carbocycles. The number of hydrogen-bond acceptors (Lipinski definition) is 4. The SMILES string of the molecule is CCC1(CO)COCCN1C(=O)OCC1c2ccccc2-c2ccccc21. The summed E-state index contributed by atoms with van der Waals surface area (Å²) in [6.45, 7) is 3.35. The fourth-order valence-electron chi connectivity index (χ4n) is 4.23. The zero-order valence-corrected chi connectivity index (χ0v) is 15.6. The van der Waals surface area contributed by atoms with Gasteiger partial charge < -0.3 is 14.6 Å². The summed E-state index contributed by atoms with van der Waals surface area (Å²) in [7, 11) is 0. The maximum atomic E-state index is 12.8. The Hall–Kier alpha value is -2.37. The predicted octanol–water partition coefficient (Wildman–Crippen LogP) is 3.41. The van der Waals surface area contributed by atoms with Crippen molar-refractivity contribution in [3.8, 4) is 11.1 Å². The topological polar surface area (TPSA) is 59.0 Å². The Morgan fingerprint density at radius 1 is 1.19 bits per heavy atom.